The zero-order chi connectivity index (χ0) is 46.3. The number of fused-ring (bicyclic) bond motifs is 7. The molecular formula is C48H65N9O6S2. The number of nitrogens with zero attached hydrogens (tertiary/aromatic N) is 7. The number of aliphatic imine (C=N–C) groups is 1. The van der Waals surface area contributed by atoms with Crippen LogP contribution in [0, 0.1) is 17.3 Å². The molecule has 2 N–H and O–H groups in total. The quantitative estimate of drug-likeness (QED) is 0.206. The highest BCUT2D eigenvalue weighted by molar-refractivity contribution is 8.14. The molecule has 350 valence electrons. The number of amides is 4. The van der Waals surface area contributed by atoms with E-state index in [-0.39, 0.29) is 48.8 Å². The van der Waals surface area contributed by atoms with Gasteiger partial charge in [0.25, 0.3) is 11.8 Å². The largest absolute Gasteiger partial charge is 0.464 e. The van der Waals surface area contributed by atoms with Crippen LogP contribution in [-0.2, 0) is 35.9 Å². The van der Waals surface area contributed by atoms with Crippen molar-refractivity contribution in [2.75, 3.05) is 59.0 Å². The third-order valence-electron chi connectivity index (χ3n) is 15.1. The number of rotatable bonds is 7. The second-order valence-electron chi connectivity index (χ2n) is 20.2. The fraction of sp³-hybridized carbons (Fsp3) is 0.625. The number of likely N-dealkylation sites (tertiary alicyclic amines) is 1. The number of esters is 1. The van der Waals surface area contributed by atoms with E-state index in [1.54, 1.807) is 40.0 Å². The molecule has 6 bridgehead atoms. The molecule has 1 aliphatic carbocycles. The van der Waals surface area contributed by atoms with E-state index in [1.807, 2.05) is 33.2 Å². The van der Waals surface area contributed by atoms with Crippen LogP contribution in [0.1, 0.15) is 96.6 Å². The van der Waals surface area contributed by atoms with E-state index in [1.165, 1.54) is 17.0 Å². The molecule has 9 rings (SSSR count). The van der Waals surface area contributed by atoms with E-state index >= 15 is 9.59 Å². The molecule has 0 radical (unpaired) electrons. The number of carbonyl (C=O) groups is 4. The second kappa shape index (κ2) is 17.2. The maximum Gasteiger partial charge on any atom is 0.324 e. The second-order valence-corrected chi connectivity index (χ2v) is 22.2. The van der Waals surface area contributed by atoms with Gasteiger partial charge in [-0.2, -0.15) is 0 Å². The van der Waals surface area contributed by atoms with Crippen molar-refractivity contribution in [2.24, 2.45) is 22.2 Å². The van der Waals surface area contributed by atoms with Crippen molar-refractivity contribution in [1.82, 2.24) is 39.4 Å². The fourth-order valence-corrected chi connectivity index (χ4v) is 13.7. The number of cyclic esters (lactones) is 1. The minimum absolute atomic E-state index is 0.100. The molecule has 0 saturated carbocycles. The molecule has 3 unspecified atom stereocenters. The van der Waals surface area contributed by atoms with E-state index in [4.69, 9.17) is 19.5 Å². The Morgan fingerprint density at radius 1 is 1.12 bits per heavy atom. The lowest BCUT2D eigenvalue weighted by Gasteiger charge is -2.53. The molecule has 6 aliphatic rings. The Kier molecular flexibility index (Phi) is 12.1. The van der Waals surface area contributed by atoms with Crippen LogP contribution >= 0.6 is 23.7 Å². The van der Waals surface area contributed by atoms with Gasteiger partial charge >= 0.3 is 12.0 Å². The Bertz CT molecular complexity index is 2440. The summed E-state index contributed by atoms with van der Waals surface area (Å²) in [6.07, 6.45) is 2.66. The molecule has 3 aromatic rings. The predicted octanol–water partition coefficient (Wildman–Crippen LogP) is 6.18. The van der Waals surface area contributed by atoms with Crippen LogP contribution < -0.4 is 10.7 Å². The highest BCUT2D eigenvalue weighted by Crippen LogP contribution is 2.57. The van der Waals surface area contributed by atoms with Crippen LogP contribution in [0.4, 0.5) is 4.79 Å². The van der Waals surface area contributed by atoms with Gasteiger partial charge in [-0.3, -0.25) is 33.7 Å². The Balaban J connectivity index is 1.13. The average molecular weight is 928 g/mol. The first-order chi connectivity index (χ1) is 31.0. The number of aromatic nitrogens is 2. The van der Waals surface area contributed by atoms with E-state index in [0.717, 1.165) is 50.6 Å². The van der Waals surface area contributed by atoms with Crippen molar-refractivity contribution in [3.05, 3.63) is 53.3 Å². The summed E-state index contributed by atoms with van der Waals surface area (Å²) < 4.78 is 16.7. The van der Waals surface area contributed by atoms with Crippen molar-refractivity contribution in [3.63, 3.8) is 0 Å². The lowest BCUT2D eigenvalue weighted by atomic mass is 9.67. The van der Waals surface area contributed by atoms with Gasteiger partial charge in [0.05, 0.1) is 28.6 Å². The van der Waals surface area contributed by atoms with Gasteiger partial charge in [0, 0.05) is 104 Å². The van der Waals surface area contributed by atoms with Crippen LogP contribution in [0.15, 0.2) is 41.5 Å². The number of benzene rings is 1. The molecule has 65 heavy (non-hydrogen) atoms. The summed E-state index contributed by atoms with van der Waals surface area (Å²) in [6.45, 7) is 17.0. The number of hydrogen-bond donors (Lipinski definition) is 2. The zero-order valence-corrected chi connectivity index (χ0v) is 41.1. The molecule has 17 heteroatoms. The SMILES string of the molecule is CCn1c2c3c4cc(ccc41)C1(C)CSC(=N1)CC1(CSN1C(=O)[C@H](C(C)C)N(C)C(=O)N1CC([C@H](C)NC)C1)C(=O)N1CCC[C@H](N1)C(=O)OCC(C)(C)C3[C@H](OC)c1ncccc1-2. The van der Waals surface area contributed by atoms with Gasteiger partial charge in [-0.25, -0.2) is 10.2 Å². The Morgan fingerprint density at radius 2 is 1.89 bits per heavy atom. The third kappa shape index (κ3) is 7.46. The van der Waals surface area contributed by atoms with Crippen molar-refractivity contribution >= 4 is 63.5 Å². The smallest absolute Gasteiger partial charge is 0.324 e. The number of nitrogens with one attached hydrogen (secondary N) is 2. The molecule has 5 aliphatic heterocycles. The number of hydrazine groups is 1. The summed E-state index contributed by atoms with van der Waals surface area (Å²) >= 11 is 2.94. The minimum Gasteiger partial charge on any atom is -0.464 e. The normalized spacial score (nSPS) is 28.6. The number of urea groups is 1. The lowest BCUT2D eigenvalue weighted by molar-refractivity contribution is -0.160. The zero-order valence-electron chi connectivity index (χ0n) is 39.5. The Morgan fingerprint density at radius 3 is 2.57 bits per heavy atom. The van der Waals surface area contributed by atoms with Gasteiger partial charge in [0.15, 0.2) is 5.54 Å². The molecule has 1 aromatic carbocycles. The van der Waals surface area contributed by atoms with Crippen LogP contribution in [-0.4, -0.2) is 140 Å². The summed E-state index contributed by atoms with van der Waals surface area (Å²) in [4.78, 5) is 72.3. The maximum absolute atomic E-state index is 15.3. The summed E-state index contributed by atoms with van der Waals surface area (Å²) in [5.41, 5.74) is 6.99. The van der Waals surface area contributed by atoms with Crippen LogP contribution in [0.2, 0.25) is 0 Å². The summed E-state index contributed by atoms with van der Waals surface area (Å²) in [7, 11) is 5.35. The van der Waals surface area contributed by atoms with E-state index < -0.39 is 40.6 Å². The number of thioether (sulfide) groups is 1. The maximum atomic E-state index is 15.3. The van der Waals surface area contributed by atoms with E-state index in [2.05, 4.69) is 74.2 Å². The molecule has 1 spiro atoms. The number of likely N-dealkylation sites (N-methyl/N-ethyl adjacent to an activating group) is 1. The monoisotopic (exact) mass is 927 g/mol. The summed E-state index contributed by atoms with van der Waals surface area (Å²) in [6, 6.07) is 9.26. The number of carbonyl (C=O) groups excluding carboxylic acids is 4. The first kappa shape index (κ1) is 46.0. The van der Waals surface area contributed by atoms with Crippen LogP contribution in [0.3, 0.4) is 0 Å². The van der Waals surface area contributed by atoms with E-state index in [9.17, 15) is 9.59 Å². The molecule has 4 amide bonds. The van der Waals surface area contributed by atoms with Crippen molar-refractivity contribution in [3.8, 4) is 11.3 Å². The number of ether oxygens (including phenoxy) is 2. The van der Waals surface area contributed by atoms with Crippen molar-refractivity contribution in [2.45, 2.75) is 115 Å². The molecule has 3 saturated heterocycles. The van der Waals surface area contributed by atoms with Gasteiger partial charge in [-0.05, 0) is 93.9 Å². The Labute approximate surface area is 391 Å². The molecule has 15 nitrogen and oxygen atoms in total. The molecule has 2 aromatic heterocycles. The highest BCUT2D eigenvalue weighted by atomic mass is 32.2. The van der Waals surface area contributed by atoms with Gasteiger partial charge in [0.1, 0.15) is 18.2 Å². The number of methoxy groups -OCH3 is 1. The van der Waals surface area contributed by atoms with Gasteiger partial charge < -0.3 is 29.2 Å². The topological polar surface area (TPSA) is 154 Å². The molecule has 7 atom stereocenters. The predicted molar refractivity (Wildman–Crippen MR) is 255 cm³/mol. The number of hydrogen-bond acceptors (Lipinski definition) is 12. The molecular weight excluding hydrogens is 863 g/mol. The van der Waals surface area contributed by atoms with Gasteiger partial charge in [0.2, 0.25) is 0 Å². The first-order valence-corrected chi connectivity index (χ1v) is 25.2. The van der Waals surface area contributed by atoms with Crippen molar-refractivity contribution in [1.29, 1.82) is 0 Å². The van der Waals surface area contributed by atoms with Gasteiger partial charge in [-0.1, -0.05) is 33.8 Å². The van der Waals surface area contributed by atoms with Gasteiger partial charge in [-0.15, -0.1) is 11.8 Å². The van der Waals surface area contributed by atoms with Crippen LogP contribution in [0.5, 0.6) is 0 Å². The summed E-state index contributed by atoms with van der Waals surface area (Å²) in [5.74, 6) is -0.162. The molecule has 3 fully saturated rings. The highest BCUT2D eigenvalue weighted by Gasteiger charge is 2.60. The fourth-order valence-electron chi connectivity index (χ4n) is 11.2. The standard InChI is InChI=1S/C48H65N9O6S2/c1-11-55-34-17-16-30-20-32(34)36-37(41(62-10)38-31(40(36)55)14-12-18-50-38)46(5,6)24-63-43(59)33-15-13-19-56(52-33)44(60)48(21-35-51-47(30,7)25-64-35)26-65-57(48)42(58)39(27(2)3)53(9)45(61)54-22-29(23-54)28(4)49-8/h12,14,16-18,20,27-29,33,37,39,41,49,52H,11,13,15,19,21-26H2,1-10H3/t28-,33-,37?,39-,41-,47?,48?/m0/s1. The molecule has 7 heterocycles. The summed E-state index contributed by atoms with van der Waals surface area (Å²) in [5, 5.41) is 6.71. The lowest BCUT2D eigenvalue weighted by Crippen LogP contribution is -2.73. The Hall–Kier alpha value is -4.16. The van der Waals surface area contributed by atoms with Crippen LogP contribution in [0.25, 0.3) is 22.2 Å². The number of pyridine rings is 1. The van der Waals surface area contributed by atoms with E-state index in [0.29, 0.717) is 49.9 Å². The minimum atomic E-state index is -1.31. The third-order valence-corrected chi connectivity index (χ3v) is 17.8. The average Bonchev–Trinajstić information content (AvgIpc) is 3.82. The first-order valence-electron chi connectivity index (χ1n) is 23.3. The van der Waals surface area contributed by atoms with Crippen molar-refractivity contribution < 1.29 is 28.7 Å². The number of aryl methyl sites for hydroxylation is 1.